The minimum absolute atomic E-state index is 0.0299. The molecular weight excluding hydrogens is 729 g/mol. The van der Waals surface area contributed by atoms with Crippen molar-refractivity contribution in [2.45, 2.75) is 53.4 Å². The zero-order valence-corrected chi connectivity index (χ0v) is 35.9. The van der Waals surface area contributed by atoms with Gasteiger partial charge in [0, 0.05) is 23.6 Å². The first-order chi connectivity index (χ1) is 29.2. The predicted molar refractivity (Wildman–Crippen MR) is 257 cm³/mol. The first-order valence-corrected chi connectivity index (χ1v) is 21.3. The number of aliphatic hydroxyl groups excluding tert-OH is 1. The number of allylic oxidation sites excluding steroid dienone is 13. The summed E-state index contributed by atoms with van der Waals surface area (Å²) in [4.78, 5) is 2.40. The molecule has 60 heavy (non-hydrogen) atoms. The highest BCUT2D eigenvalue weighted by molar-refractivity contribution is 5.98. The van der Waals surface area contributed by atoms with Crippen LogP contribution in [0, 0.1) is 12.8 Å². The average molecular weight is 785 g/mol. The standard InChI is InChI=1S/C57H56N2O/c1-8-14-53-41(7)49-17-10-11-19-54(49)57(53)55-36-48(30-31-50(55)51-18-12-15-39(5)56(51)57)59(46-26-22-43(23-27-46)42(9-2)32-33-58)47-28-24-44(25-29-47)45-21-20-38(4)52(35-45)40(6)37(3)16-13-34-60/h8-14,16-32,35-36,39,60H,2,15,33-34,58H2,1,3-7H3/b14-8-,16-13-,40-37+,42-32+. The molecule has 1 spiro atoms. The molecule has 0 saturated carbocycles. The third-order valence-electron chi connectivity index (χ3n) is 13.0. The summed E-state index contributed by atoms with van der Waals surface area (Å²) in [5.41, 5.74) is 29.0. The largest absolute Gasteiger partial charge is 0.392 e. The van der Waals surface area contributed by atoms with Crippen LogP contribution in [0.25, 0.3) is 33.4 Å². The van der Waals surface area contributed by atoms with Crippen molar-refractivity contribution in [2.75, 3.05) is 18.1 Å². The van der Waals surface area contributed by atoms with Gasteiger partial charge in [-0.1, -0.05) is 129 Å². The summed E-state index contributed by atoms with van der Waals surface area (Å²) in [5.74, 6) is 0.388. The molecule has 0 heterocycles. The summed E-state index contributed by atoms with van der Waals surface area (Å²) in [5, 5.41) is 9.37. The molecule has 0 aromatic heterocycles. The summed E-state index contributed by atoms with van der Waals surface area (Å²) in [6.45, 7) is 17.8. The number of aryl methyl sites for hydroxylation is 1. The smallest absolute Gasteiger partial charge is 0.0688 e. The van der Waals surface area contributed by atoms with Gasteiger partial charge < -0.3 is 15.7 Å². The molecule has 3 heteroatoms. The van der Waals surface area contributed by atoms with Crippen LogP contribution in [0.2, 0.25) is 0 Å². The Hall–Kier alpha value is -6.26. The van der Waals surface area contributed by atoms with Gasteiger partial charge in [0.2, 0.25) is 0 Å². The molecule has 0 bridgehead atoms. The maximum Gasteiger partial charge on any atom is 0.0688 e. The quantitative estimate of drug-likeness (QED) is 0.131. The molecular formula is C57H56N2O. The van der Waals surface area contributed by atoms with Crippen molar-refractivity contribution in [1.29, 1.82) is 0 Å². The third-order valence-corrected chi connectivity index (χ3v) is 13.0. The minimum atomic E-state index is -0.384. The Kier molecular flexibility index (Phi) is 11.3. The number of aliphatic hydroxyl groups is 1. The van der Waals surface area contributed by atoms with Crippen LogP contribution in [0.15, 0.2) is 181 Å². The van der Waals surface area contributed by atoms with Crippen molar-refractivity contribution < 1.29 is 5.11 Å². The average Bonchev–Trinajstić information content (AvgIpc) is 3.71. The summed E-state index contributed by atoms with van der Waals surface area (Å²) in [6.07, 6.45) is 18.0. The van der Waals surface area contributed by atoms with Crippen LogP contribution in [0.3, 0.4) is 0 Å². The highest BCUT2D eigenvalue weighted by atomic mass is 16.2. The van der Waals surface area contributed by atoms with E-state index in [1.807, 2.05) is 18.2 Å². The number of benzene rings is 5. The fourth-order valence-corrected chi connectivity index (χ4v) is 10.0. The fourth-order valence-electron chi connectivity index (χ4n) is 10.0. The van der Waals surface area contributed by atoms with E-state index >= 15 is 0 Å². The van der Waals surface area contributed by atoms with Crippen LogP contribution in [0.1, 0.15) is 80.0 Å². The second-order valence-electron chi connectivity index (χ2n) is 16.4. The van der Waals surface area contributed by atoms with E-state index < -0.39 is 0 Å². The van der Waals surface area contributed by atoms with Crippen LogP contribution in [-0.2, 0) is 5.41 Å². The summed E-state index contributed by atoms with van der Waals surface area (Å²) in [7, 11) is 0. The molecule has 0 amide bonds. The van der Waals surface area contributed by atoms with Gasteiger partial charge >= 0.3 is 0 Å². The molecule has 3 aliphatic carbocycles. The van der Waals surface area contributed by atoms with Gasteiger partial charge in [0.05, 0.1) is 12.0 Å². The van der Waals surface area contributed by atoms with Crippen molar-refractivity contribution in [2.24, 2.45) is 11.7 Å². The number of anilines is 3. The van der Waals surface area contributed by atoms with E-state index in [0.717, 1.165) is 51.3 Å². The van der Waals surface area contributed by atoms with E-state index in [4.69, 9.17) is 5.73 Å². The lowest BCUT2D eigenvalue weighted by Gasteiger charge is -2.37. The van der Waals surface area contributed by atoms with Crippen molar-refractivity contribution >= 4 is 39.4 Å². The van der Waals surface area contributed by atoms with Crippen LogP contribution >= 0.6 is 0 Å². The monoisotopic (exact) mass is 784 g/mol. The molecule has 2 unspecified atom stereocenters. The van der Waals surface area contributed by atoms with Gasteiger partial charge in [-0.05, 0) is 179 Å². The van der Waals surface area contributed by atoms with Gasteiger partial charge in [-0.2, -0.15) is 0 Å². The second kappa shape index (κ2) is 16.8. The first kappa shape index (κ1) is 40.5. The van der Waals surface area contributed by atoms with E-state index in [-0.39, 0.29) is 12.0 Å². The Morgan fingerprint density at radius 2 is 1.55 bits per heavy atom. The van der Waals surface area contributed by atoms with Gasteiger partial charge in [-0.25, -0.2) is 0 Å². The van der Waals surface area contributed by atoms with E-state index in [2.05, 4.69) is 187 Å². The SMILES string of the molecule is C=C/C(=C\CN)c1ccc(N(c2ccc(-c3ccc(C)c(/C(C)=C(C)/C=C\CO)c3)cc2)c2ccc3c(c2)C2(C(/C=C\C)=C(C)c4ccccc42)C2=C3C=CCC2C)cc1. The molecule has 0 radical (unpaired) electrons. The molecule has 5 aromatic carbocycles. The zero-order valence-electron chi connectivity index (χ0n) is 35.9. The highest BCUT2D eigenvalue weighted by Crippen LogP contribution is 2.64. The number of hydrogen-bond acceptors (Lipinski definition) is 3. The number of fused-ring (bicyclic) bond motifs is 6. The van der Waals surface area contributed by atoms with Gasteiger partial charge in [0.1, 0.15) is 0 Å². The van der Waals surface area contributed by atoms with Crippen molar-refractivity contribution in [1.82, 2.24) is 0 Å². The summed E-state index contributed by atoms with van der Waals surface area (Å²) in [6, 6.07) is 40.7. The van der Waals surface area contributed by atoms with E-state index in [1.54, 1.807) is 6.08 Å². The number of nitrogens with two attached hydrogens (primary N) is 1. The summed E-state index contributed by atoms with van der Waals surface area (Å²) >= 11 is 0. The first-order valence-electron chi connectivity index (χ1n) is 21.3. The second-order valence-corrected chi connectivity index (χ2v) is 16.4. The van der Waals surface area contributed by atoms with Crippen LogP contribution in [0.5, 0.6) is 0 Å². The molecule has 0 aliphatic heterocycles. The highest BCUT2D eigenvalue weighted by Gasteiger charge is 2.54. The van der Waals surface area contributed by atoms with Crippen molar-refractivity contribution in [3.8, 4) is 11.1 Å². The number of hydrogen-bond donors (Lipinski definition) is 2. The Bertz CT molecular complexity index is 2710. The van der Waals surface area contributed by atoms with E-state index in [9.17, 15) is 5.11 Å². The molecule has 5 aromatic rings. The number of nitrogens with zero attached hydrogens (tertiary/aromatic N) is 1. The third kappa shape index (κ3) is 6.72. The Labute approximate surface area is 357 Å². The maximum absolute atomic E-state index is 9.37. The van der Waals surface area contributed by atoms with Gasteiger partial charge in [0.15, 0.2) is 0 Å². The Morgan fingerprint density at radius 1 is 0.850 bits per heavy atom. The lowest BCUT2D eigenvalue weighted by atomic mass is 9.64. The molecule has 3 nitrogen and oxygen atoms in total. The molecule has 3 aliphatic rings. The molecule has 3 N–H and O–H groups in total. The molecule has 300 valence electrons. The van der Waals surface area contributed by atoms with Crippen LogP contribution in [-0.4, -0.2) is 18.3 Å². The Balaban J connectivity index is 1.30. The van der Waals surface area contributed by atoms with Gasteiger partial charge in [-0.3, -0.25) is 0 Å². The lowest BCUT2D eigenvalue weighted by Crippen LogP contribution is -2.31. The zero-order chi connectivity index (χ0) is 42.1. The topological polar surface area (TPSA) is 49.5 Å². The van der Waals surface area contributed by atoms with Gasteiger partial charge in [0.25, 0.3) is 0 Å². The van der Waals surface area contributed by atoms with E-state index in [1.165, 1.54) is 61.2 Å². The lowest BCUT2D eigenvalue weighted by molar-refractivity contribution is 0.342. The molecule has 8 rings (SSSR count). The van der Waals surface area contributed by atoms with Crippen LogP contribution < -0.4 is 10.6 Å². The normalized spacial score (nSPS) is 18.7. The van der Waals surface area contributed by atoms with Crippen molar-refractivity contribution in [3.63, 3.8) is 0 Å². The maximum atomic E-state index is 9.37. The van der Waals surface area contributed by atoms with Crippen molar-refractivity contribution in [3.05, 3.63) is 220 Å². The number of rotatable bonds is 11. The van der Waals surface area contributed by atoms with Crippen LogP contribution in [0.4, 0.5) is 17.1 Å². The summed E-state index contributed by atoms with van der Waals surface area (Å²) < 4.78 is 0. The molecule has 0 fully saturated rings. The predicted octanol–water partition coefficient (Wildman–Crippen LogP) is 14.0. The van der Waals surface area contributed by atoms with E-state index in [0.29, 0.717) is 12.5 Å². The molecule has 2 atom stereocenters. The minimum Gasteiger partial charge on any atom is -0.392 e. The molecule has 0 saturated heterocycles. The fraction of sp³-hybridized carbons (Fsp3) is 0.193. The Morgan fingerprint density at radius 3 is 2.25 bits per heavy atom. The van der Waals surface area contributed by atoms with Gasteiger partial charge in [-0.15, -0.1) is 0 Å².